The highest BCUT2D eigenvalue weighted by Gasteiger charge is 2.29. The zero-order valence-corrected chi connectivity index (χ0v) is 19.6. The quantitative estimate of drug-likeness (QED) is 0.357. The molecule has 11 heteroatoms. The van der Waals surface area contributed by atoms with Crippen molar-refractivity contribution >= 4 is 17.8 Å². The standard InChI is InChI=1S/C24H30F4N4O3/c1-4-16-22(19(9-12-34)32(10-6-11-33)20(35)13-25)30-15(3)31-24(16)29-14(2)17-7-5-8-18(21(17)26)23(27)28/h4-5,7-8,14,19,23,33-34H,1,6,9-13H2,2-3H3,(H,29,30,31)/t14-,19?/m1/s1. The first-order valence-electron chi connectivity index (χ1n) is 11.1. The van der Waals surface area contributed by atoms with Gasteiger partial charge in [0.2, 0.25) is 0 Å². The molecule has 0 saturated carbocycles. The van der Waals surface area contributed by atoms with E-state index < -0.39 is 42.5 Å². The molecule has 0 saturated heterocycles. The molecule has 0 aliphatic rings. The molecule has 1 aromatic carbocycles. The molecule has 0 aliphatic carbocycles. The van der Waals surface area contributed by atoms with E-state index in [1.165, 1.54) is 23.1 Å². The lowest BCUT2D eigenvalue weighted by Crippen LogP contribution is -2.38. The molecule has 1 aromatic heterocycles. The number of hydrogen-bond acceptors (Lipinski definition) is 6. The number of rotatable bonds is 13. The van der Waals surface area contributed by atoms with E-state index in [4.69, 9.17) is 0 Å². The molecule has 0 radical (unpaired) electrons. The first-order valence-corrected chi connectivity index (χ1v) is 11.1. The Morgan fingerprint density at radius 2 is 1.91 bits per heavy atom. The number of aromatic nitrogens is 2. The molecule has 0 spiro atoms. The molecule has 1 unspecified atom stereocenters. The molecule has 0 aliphatic heterocycles. The maximum atomic E-state index is 14.7. The van der Waals surface area contributed by atoms with Crippen LogP contribution in [0.25, 0.3) is 6.08 Å². The Morgan fingerprint density at radius 3 is 2.49 bits per heavy atom. The zero-order chi connectivity index (χ0) is 26.1. The number of aryl methyl sites for hydroxylation is 1. The summed E-state index contributed by atoms with van der Waals surface area (Å²) in [6, 6.07) is 2.08. The summed E-state index contributed by atoms with van der Waals surface area (Å²) in [5, 5.41) is 21.9. The van der Waals surface area contributed by atoms with Gasteiger partial charge in [0.25, 0.3) is 12.3 Å². The number of aliphatic hydroxyl groups excluding tert-OH is 2. The van der Waals surface area contributed by atoms with Crippen molar-refractivity contribution in [1.29, 1.82) is 0 Å². The van der Waals surface area contributed by atoms with E-state index in [9.17, 15) is 32.6 Å². The van der Waals surface area contributed by atoms with Crippen LogP contribution in [0.5, 0.6) is 0 Å². The van der Waals surface area contributed by atoms with Crippen molar-refractivity contribution in [2.45, 2.75) is 45.2 Å². The van der Waals surface area contributed by atoms with Crippen molar-refractivity contribution in [2.75, 3.05) is 31.7 Å². The molecule has 3 N–H and O–H groups in total. The number of nitrogens with zero attached hydrogens (tertiary/aromatic N) is 3. The van der Waals surface area contributed by atoms with Crippen LogP contribution in [0.4, 0.5) is 23.4 Å². The Hall–Kier alpha value is -3.05. The second kappa shape index (κ2) is 13.1. The largest absolute Gasteiger partial charge is 0.396 e. The van der Waals surface area contributed by atoms with Crippen molar-refractivity contribution < 1.29 is 32.6 Å². The lowest BCUT2D eigenvalue weighted by atomic mass is 10.0. The summed E-state index contributed by atoms with van der Waals surface area (Å²) < 4.78 is 54.3. The van der Waals surface area contributed by atoms with Crippen LogP contribution in [-0.4, -0.2) is 57.4 Å². The van der Waals surface area contributed by atoms with Crippen LogP contribution >= 0.6 is 0 Å². The van der Waals surface area contributed by atoms with Gasteiger partial charge in [-0.15, -0.1) is 0 Å². The number of aliphatic hydroxyl groups is 2. The van der Waals surface area contributed by atoms with Gasteiger partial charge in [0, 0.05) is 30.9 Å². The topological polar surface area (TPSA) is 98.6 Å². The van der Waals surface area contributed by atoms with Crippen LogP contribution in [-0.2, 0) is 4.79 Å². The summed E-state index contributed by atoms with van der Waals surface area (Å²) in [6.45, 7) is 5.10. The van der Waals surface area contributed by atoms with Crippen LogP contribution in [0.1, 0.15) is 66.5 Å². The predicted molar refractivity (Wildman–Crippen MR) is 124 cm³/mol. The number of carbonyl (C=O) groups excluding carboxylic acids is 1. The molecular formula is C24H30F4N4O3. The normalized spacial score (nSPS) is 12.9. The molecule has 0 fully saturated rings. The van der Waals surface area contributed by atoms with Crippen molar-refractivity contribution in [1.82, 2.24) is 14.9 Å². The van der Waals surface area contributed by atoms with Gasteiger partial charge < -0.3 is 20.4 Å². The minimum absolute atomic E-state index is 0.000264. The highest BCUT2D eigenvalue weighted by atomic mass is 19.3. The molecule has 1 heterocycles. The van der Waals surface area contributed by atoms with Gasteiger partial charge in [-0.3, -0.25) is 4.79 Å². The van der Waals surface area contributed by atoms with Gasteiger partial charge in [-0.05, 0) is 26.7 Å². The maximum Gasteiger partial charge on any atom is 0.266 e. The Bertz CT molecular complexity index is 1020. The van der Waals surface area contributed by atoms with Gasteiger partial charge in [0.15, 0.2) is 6.67 Å². The number of alkyl halides is 3. The molecular weight excluding hydrogens is 468 g/mol. The molecule has 35 heavy (non-hydrogen) atoms. The van der Waals surface area contributed by atoms with Crippen molar-refractivity contribution in [3.8, 4) is 0 Å². The third-order valence-corrected chi connectivity index (χ3v) is 5.49. The Labute approximate surface area is 201 Å². The Kier molecular flexibility index (Phi) is 10.6. The predicted octanol–water partition coefficient (Wildman–Crippen LogP) is 4.28. The average Bonchev–Trinajstić information content (AvgIpc) is 2.82. The van der Waals surface area contributed by atoms with E-state index in [2.05, 4.69) is 21.9 Å². The van der Waals surface area contributed by atoms with Gasteiger partial charge in [-0.2, -0.15) is 0 Å². The summed E-state index contributed by atoms with van der Waals surface area (Å²) in [6.07, 6.45) is -1.36. The monoisotopic (exact) mass is 498 g/mol. The summed E-state index contributed by atoms with van der Waals surface area (Å²) >= 11 is 0. The van der Waals surface area contributed by atoms with Crippen molar-refractivity contribution in [2.24, 2.45) is 0 Å². The van der Waals surface area contributed by atoms with Gasteiger partial charge in [0.05, 0.1) is 23.3 Å². The molecule has 2 atom stereocenters. The number of anilines is 1. The number of halogens is 4. The van der Waals surface area contributed by atoms with Crippen molar-refractivity contribution in [3.63, 3.8) is 0 Å². The SMILES string of the molecule is C=Cc1c(N[C@H](C)c2cccc(C(F)F)c2F)nc(C)nc1C(CCO)N(CCCO)C(=O)CF. The minimum atomic E-state index is -2.98. The summed E-state index contributed by atoms with van der Waals surface area (Å²) in [5.41, 5.74) is -0.114. The number of benzene rings is 1. The van der Waals surface area contributed by atoms with E-state index in [0.717, 1.165) is 6.07 Å². The lowest BCUT2D eigenvalue weighted by Gasteiger charge is -2.32. The molecule has 2 rings (SSSR count). The van der Waals surface area contributed by atoms with Crippen LogP contribution in [0.3, 0.4) is 0 Å². The van der Waals surface area contributed by atoms with Gasteiger partial charge in [-0.25, -0.2) is 27.5 Å². The van der Waals surface area contributed by atoms with Gasteiger partial charge in [0.1, 0.15) is 17.5 Å². The maximum absolute atomic E-state index is 14.7. The number of amides is 1. The van der Waals surface area contributed by atoms with Crippen LogP contribution < -0.4 is 5.32 Å². The highest BCUT2D eigenvalue weighted by Crippen LogP contribution is 2.33. The third-order valence-electron chi connectivity index (χ3n) is 5.49. The minimum Gasteiger partial charge on any atom is -0.396 e. The van der Waals surface area contributed by atoms with E-state index >= 15 is 0 Å². The number of carbonyl (C=O) groups is 1. The summed E-state index contributed by atoms with van der Waals surface area (Å²) in [7, 11) is 0. The molecule has 7 nitrogen and oxygen atoms in total. The van der Waals surface area contributed by atoms with E-state index in [0.29, 0.717) is 5.56 Å². The van der Waals surface area contributed by atoms with Crippen LogP contribution in [0, 0.1) is 12.7 Å². The molecule has 1 amide bonds. The Morgan fingerprint density at radius 1 is 1.23 bits per heavy atom. The van der Waals surface area contributed by atoms with E-state index in [1.54, 1.807) is 13.8 Å². The summed E-state index contributed by atoms with van der Waals surface area (Å²) in [4.78, 5) is 22.3. The lowest BCUT2D eigenvalue weighted by molar-refractivity contribution is -0.135. The molecule has 0 bridgehead atoms. The second-order valence-corrected chi connectivity index (χ2v) is 7.87. The fourth-order valence-electron chi connectivity index (χ4n) is 3.86. The van der Waals surface area contributed by atoms with Crippen LogP contribution in [0.2, 0.25) is 0 Å². The summed E-state index contributed by atoms with van der Waals surface area (Å²) in [5.74, 6) is -1.40. The molecule has 192 valence electrons. The molecule has 2 aromatic rings. The first kappa shape index (κ1) is 28.2. The number of nitrogens with one attached hydrogen (secondary N) is 1. The highest BCUT2D eigenvalue weighted by molar-refractivity contribution is 5.78. The second-order valence-electron chi connectivity index (χ2n) is 7.87. The third kappa shape index (κ3) is 6.76. The Balaban J connectivity index is 2.56. The average molecular weight is 499 g/mol. The van der Waals surface area contributed by atoms with Crippen molar-refractivity contribution in [3.05, 3.63) is 58.8 Å². The fraction of sp³-hybridized carbons (Fsp3) is 0.458. The number of hydrogen-bond donors (Lipinski definition) is 3. The van der Waals surface area contributed by atoms with E-state index in [-0.39, 0.29) is 55.5 Å². The smallest absolute Gasteiger partial charge is 0.266 e. The van der Waals surface area contributed by atoms with E-state index in [1.807, 2.05) is 0 Å². The van der Waals surface area contributed by atoms with Gasteiger partial charge >= 0.3 is 0 Å². The van der Waals surface area contributed by atoms with Crippen LogP contribution in [0.15, 0.2) is 24.8 Å². The fourth-order valence-corrected chi connectivity index (χ4v) is 3.86. The zero-order valence-electron chi connectivity index (χ0n) is 19.6. The first-order chi connectivity index (χ1) is 16.7. The van der Waals surface area contributed by atoms with Gasteiger partial charge in [-0.1, -0.05) is 30.9 Å².